The molecule has 6 heteroatoms. The van der Waals surface area contributed by atoms with Gasteiger partial charge < -0.3 is 14.4 Å². The third kappa shape index (κ3) is 2.81. The van der Waals surface area contributed by atoms with Gasteiger partial charge in [0, 0.05) is 18.0 Å². The van der Waals surface area contributed by atoms with Crippen LogP contribution < -0.4 is 10.1 Å². The number of likely N-dealkylation sites (tertiary alicyclic amines) is 1. The van der Waals surface area contributed by atoms with Crippen LogP contribution in [0.15, 0.2) is 36.4 Å². The predicted molar refractivity (Wildman–Crippen MR) is 103 cm³/mol. The molecule has 2 bridgehead atoms. The molecule has 0 aromatic heterocycles. The van der Waals surface area contributed by atoms with Crippen molar-refractivity contribution in [1.82, 2.24) is 10.2 Å². The lowest BCUT2D eigenvalue weighted by atomic mass is 9.80. The number of amides is 1. The number of thiocarbonyl (C=S) groups is 1. The second-order valence-electron chi connectivity index (χ2n) is 7.47. The number of nitrogens with zero attached hydrogens (tertiary/aromatic N) is 1. The first-order valence-electron chi connectivity index (χ1n) is 9.14. The van der Waals surface area contributed by atoms with Crippen molar-refractivity contribution in [3.63, 3.8) is 0 Å². The van der Waals surface area contributed by atoms with Crippen molar-refractivity contribution in [2.45, 2.75) is 37.4 Å². The van der Waals surface area contributed by atoms with Crippen molar-refractivity contribution in [3.8, 4) is 5.75 Å². The Morgan fingerprint density at radius 1 is 1.38 bits per heavy atom. The third-order valence-corrected chi connectivity index (χ3v) is 6.12. The van der Waals surface area contributed by atoms with Gasteiger partial charge in [0.05, 0.1) is 19.3 Å². The van der Waals surface area contributed by atoms with E-state index in [9.17, 15) is 4.79 Å². The molecule has 4 rings (SSSR count). The average molecular weight is 372 g/mol. The largest absolute Gasteiger partial charge is 0.497 e. The van der Waals surface area contributed by atoms with Crippen LogP contribution in [0, 0.1) is 5.92 Å². The zero-order chi connectivity index (χ0) is 18.4. The molecule has 1 spiro atoms. The maximum Gasteiger partial charge on any atom is 0.257 e. The molecular formula is C20H24N2O3S. The number of carbonyl (C=O) groups excluding carboxylic acids is 1. The summed E-state index contributed by atoms with van der Waals surface area (Å²) in [4.78, 5) is 14.5. The maximum absolute atomic E-state index is 12.4. The Morgan fingerprint density at radius 2 is 2.15 bits per heavy atom. The Bertz CT molecular complexity index is 763. The molecule has 1 aromatic carbocycles. The summed E-state index contributed by atoms with van der Waals surface area (Å²) in [7, 11) is 1.60. The van der Waals surface area contributed by atoms with Gasteiger partial charge in [-0.15, -0.1) is 0 Å². The molecule has 1 N–H and O–H groups in total. The fourth-order valence-electron chi connectivity index (χ4n) is 4.53. The number of rotatable bonds is 4. The number of nitrogens with one attached hydrogen (secondary N) is 1. The van der Waals surface area contributed by atoms with Gasteiger partial charge in [-0.25, -0.2) is 0 Å². The first-order chi connectivity index (χ1) is 12.5. The Labute approximate surface area is 159 Å². The van der Waals surface area contributed by atoms with Crippen molar-refractivity contribution in [2.75, 3.05) is 20.2 Å². The van der Waals surface area contributed by atoms with E-state index >= 15 is 0 Å². The third-order valence-electron chi connectivity index (χ3n) is 5.76. The number of ether oxygens (including phenoxy) is 2. The standard InChI is InChI=1S/C20H24N2O3S/c1-3-8-19-9-10-20(25-19)13-22(12-15(20)11-19)18(26)21-17(23)14-4-6-16(24-2)7-5-14/h4-7,9-10,15H,3,8,11-13H2,1-2H3,(H,21,23,26). The van der Waals surface area contributed by atoms with E-state index in [-0.39, 0.29) is 17.1 Å². The van der Waals surface area contributed by atoms with Gasteiger partial charge in [-0.05, 0) is 49.3 Å². The number of fused-ring (bicyclic) bond motifs is 1. The van der Waals surface area contributed by atoms with Crippen LogP contribution in [0.4, 0.5) is 0 Å². The molecule has 138 valence electrons. The SMILES string of the molecule is CCCC12C=CC3(CN(C(=S)NC(=O)c4ccc(OC)cc4)CC3C1)O2. The number of hydrogen-bond acceptors (Lipinski definition) is 4. The highest BCUT2D eigenvalue weighted by Crippen LogP contribution is 2.54. The van der Waals surface area contributed by atoms with Gasteiger partial charge in [0.25, 0.3) is 5.91 Å². The quantitative estimate of drug-likeness (QED) is 0.651. The molecule has 3 heterocycles. The maximum atomic E-state index is 12.4. The molecule has 0 aliphatic carbocycles. The van der Waals surface area contributed by atoms with E-state index in [1.54, 1.807) is 31.4 Å². The fourth-order valence-corrected chi connectivity index (χ4v) is 4.76. The summed E-state index contributed by atoms with van der Waals surface area (Å²) in [6.07, 6.45) is 7.71. The molecule has 2 saturated heterocycles. The Balaban J connectivity index is 1.39. The molecule has 3 atom stereocenters. The minimum Gasteiger partial charge on any atom is -0.497 e. The van der Waals surface area contributed by atoms with Crippen LogP contribution in [-0.4, -0.2) is 47.3 Å². The van der Waals surface area contributed by atoms with Crippen LogP contribution in [0.5, 0.6) is 5.75 Å². The van der Waals surface area contributed by atoms with Gasteiger partial charge in [0.15, 0.2) is 5.11 Å². The lowest BCUT2D eigenvalue weighted by molar-refractivity contribution is -0.0374. The van der Waals surface area contributed by atoms with Gasteiger partial charge in [0.2, 0.25) is 0 Å². The topological polar surface area (TPSA) is 50.8 Å². The highest BCUT2D eigenvalue weighted by Gasteiger charge is 2.61. The van der Waals surface area contributed by atoms with Gasteiger partial charge >= 0.3 is 0 Å². The number of methoxy groups -OCH3 is 1. The van der Waals surface area contributed by atoms with Crippen molar-refractivity contribution in [2.24, 2.45) is 5.92 Å². The second-order valence-corrected chi connectivity index (χ2v) is 7.86. The van der Waals surface area contributed by atoms with E-state index in [0.717, 1.165) is 31.6 Å². The Morgan fingerprint density at radius 3 is 2.81 bits per heavy atom. The average Bonchev–Trinajstić information content (AvgIpc) is 3.26. The highest BCUT2D eigenvalue weighted by molar-refractivity contribution is 7.80. The normalized spacial score (nSPS) is 31.2. The molecule has 26 heavy (non-hydrogen) atoms. The molecule has 5 nitrogen and oxygen atoms in total. The summed E-state index contributed by atoms with van der Waals surface area (Å²) in [6.45, 7) is 3.74. The monoisotopic (exact) mass is 372 g/mol. The highest BCUT2D eigenvalue weighted by atomic mass is 32.1. The molecule has 0 radical (unpaired) electrons. The van der Waals surface area contributed by atoms with Crippen molar-refractivity contribution >= 4 is 23.2 Å². The van der Waals surface area contributed by atoms with Crippen LogP contribution >= 0.6 is 12.2 Å². The lowest BCUT2D eigenvalue weighted by Gasteiger charge is -2.27. The zero-order valence-corrected chi connectivity index (χ0v) is 16.0. The van der Waals surface area contributed by atoms with Crippen LogP contribution in [0.3, 0.4) is 0 Å². The molecule has 3 aliphatic rings. The summed E-state index contributed by atoms with van der Waals surface area (Å²) in [5.41, 5.74) is 0.258. The molecule has 3 aliphatic heterocycles. The van der Waals surface area contributed by atoms with Crippen LogP contribution in [0.25, 0.3) is 0 Å². The van der Waals surface area contributed by atoms with Crippen molar-refractivity contribution in [1.29, 1.82) is 0 Å². The molecule has 2 fully saturated rings. The van der Waals surface area contributed by atoms with Crippen LogP contribution in [0.1, 0.15) is 36.5 Å². The second kappa shape index (κ2) is 6.35. The first-order valence-corrected chi connectivity index (χ1v) is 9.55. The minimum absolute atomic E-state index is 0.0700. The summed E-state index contributed by atoms with van der Waals surface area (Å²) >= 11 is 5.50. The molecular weight excluding hydrogens is 348 g/mol. The molecule has 0 saturated carbocycles. The summed E-state index contributed by atoms with van der Waals surface area (Å²) in [5, 5.41) is 3.32. The Kier molecular flexibility index (Phi) is 4.28. The number of hydrogen-bond donors (Lipinski definition) is 1. The summed E-state index contributed by atoms with van der Waals surface area (Å²) < 4.78 is 11.6. The van der Waals surface area contributed by atoms with Gasteiger partial charge in [-0.3, -0.25) is 10.1 Å². The smallest absolute Gasteiger partial charge is 0.257 e. The van der Waals surface area contributed by atoms with E-state index in [4.69, 9.17) is 21.7 Å². The minimum atomic E-state index is -0.232. The fraction of sp³-hybridized carbons (Fsp3) is 0.500. The summed E-state index contributed by atoms with van der Waals surface area (Å²) in [6, 6.07) is 7.00. The zero-order valence-electron chi connectivity index (χ0n) is 15.2. The van der Waals surface area contributed by atoms with E-state index in [2.05, 4.69) is 29.3 Å². The van der Waals surface area contributed by atoms with E-state index in [1.165, 1.54) is 0 Å². The first kappa shape index (κ1) is 17.5. The predicted octanol–water partition coefficient (Wildman–Crippen LogP) is 2.91. The van der Waals surface area contributed by atoms with Crippen LogP contribution in [0.2, 0.25) is 0 Å². The van der Waals surface area contributed by atoms with Gasteiger partial charge in [0.1, 0.15) is 11.4 Å². The van der Waals surface area contributed by atoms with Crippen LogP contribution in [-0.2, 0) is 4.74 Å². The summed E-state index contributed by atoms with van der Waals surface area (Å²) in [5.74, 6) is 0.960. The number of carbonyl (C=O) groups is 1. The molecule has 3 unspecified atom stereocenters. The van der Waals surface area contributed by atoms with E-state index in [1.807, 2.05) is 0 Å². The van der Waals surface area contributed by atoms with Gasteiger partial charge in [-0.1, -0.05) is 25.5 Å². The number of benzene rings is 1. The van der Waals surface area contributed by atoms with Crippen molar-refractivity contribution in [3.05, 3.63) is 42.0 Å². The van der Waals surface area contributed by atoms with E-state index in [0.29, 0.717) is 23.1 Å². The molecule has 1 amide bonds. The lowest BCUT2D eigenvalue weighted by Crippen LogP contribution is -2.44. The van der Waals surface area contributed by atoms with Gasteiger partial charge in [-0.2, -0.15) is 0 Å². The Hall–Kier alpha value is -1.92. The van der Waals surface area contributed by atoms with Crippen molar-refractivity contribution < 1.29 is 14.3 Å². The molecule has 1 aromatic rings. The van der Waals surface area contributed by atoms with E-state index < -0.39 is 0 Å².